The van der Waals surface area contributed by atoms with Crippen molar-refractivity contribution in [3.05, 3.63) is 29.3 Å². The highest BCUT2D eigenvalue weighted by Crippen LogP contribution is 2.16. The molecule has 2 rings (SSSR count). The first-order valence-corrected chi connectivity index (χ1v) is 7.33. The molecular weight excluding hydrogens is 246 g/mol. The fraction of sp³-hybridized carbons (Fsp3) is 0.600. The average molecular weight is 269 g/mol. The van der Waals surface area contributed by atoms with Gasteiger partial charge in [0.2, 0.25) is 0 Å². The van der Waals surface area contributed by atoms with Crippen LogP contribution in [0.1, 0.15) is 33.5 Å². The lowest BCUT2D eigenvalue weighted by Gasteiger charge is -2.13. The number of benzene rings is 1. The third kappa shape index (κ3) is 4.87. The highest BCUT2D eigenvalue weighted by molar-refractivity contribution is 6.30. The molecule has 0 bridgehead atoms. The van der Waals surface area contributed by atoms with Crippen molar-refractivity contribution in [2.75, 3.05) is 26.2 Å². The summed E-state index contributed by atoms with van der Waals surface area (Å²) in [6.45, 7) is 4.69. The van der Waals surface area contributed by atoms with Crippen molar-refractivity contribution in [3.63, 3.8) is 0 Å². The predicted octanol–water partition coefficient (Wildman–Crippen LogP) is 4.10. The van der Waals surface area contributed by atoms with Gasteiger partial charge in [-0.2, -0.15) is 0 Å². The zero-order valence-electron chi connectivity index (χ0n) is 11.9. The van der Waals surface area contributed by atoms with Crippen LogP contribution in [0.5, 0.6) is 5.75 Å². The van der Waals surface area contributed by atoms with Crippen molar-refractivity contribution in [3.8, 4) is 5.75 Å². The van der Waals surface area contributed by atoms with Crippen LogP contribution in [0.2, 0.25) is 5.02 Å². The largest absolute Gasteiger partial charge is 1.00 e. The van der Waals surface area contributed by atoms with E-state index in [0.717, 1.165) is 23.8 Å². The van der Waals surface area contributed by atoms with E-state index < -0.39 is 0 Å². The van der Waals surface area contributed by atoms with Crippen LogP contribution in [0.15, 0.2) is 24.3 Å². The van der Waals surface area contributed by atoms with Crippen molar-refractivity contribution < 1.29 is 6.16 Å². The molecule has 100 valence electrons. The molecule has 0 atom stereocenters. The van der Waals surface area contributed by atoms with Crippen LogP contribution < -0.4 is 4.74 Å². The second-order valence-corrected chi connectivity index (χ2v) is 5.35. The van der Waals surface area contributed by atoms with Gasteiger partial charge < -0.3 is 9.64 Å². The van der Waals surface area contributed by atoms with Crippen molar-refractivity contribution in [2.45, 2.75) is 32.1 Å². The fourth-order valence-electron chi connectivity index (χ4n) is 2.34. The maximum Gasteiger partial charge on any atom is 1.00 e. The Bertz CT molecular complexity index is 339. The minimum Gasteiger partial charge on any atom is -0.494 e. The quantitative estimate of drug-likeness (QED) is 0.691. The molecule has 0 aliphatic carbocycles. The van der Waals surface area contributed by atoms with Gasteiger partial charge in [-0.15, -0.1) is 0 Å². The van der Waals surface area contributed by atoms with Crippen molar-refractivity contribution in [1.29, 1.82) is 0 Å². The smallest absolute Gasteiger partial charge is 0.494 e. The summed E-state index contributed by atoms with van der Waals surface area (Å²) >= 11 is 5.82. The van der Waals surface area contributed by atoms with Gasteiger partial charge in [0.1, 0.15) is 5.75 Å². The molecule has 0 radical (unpaired) electrons. The number of likely N-dealkylation sites (tertiary alicyclic amines) is 1. The van der Waals surface area contributed by atoms with E-state index in [-0.39, 0.29) is 1.43 Å². The maximum absolute atomic E-state index is 5.82. The maximum atomic E-state index is 5.82. The zero-order valence-corrected chi connectivity index (χ0v) is 11.7. The van der Waals surface area contributed by atoms with Crippen molar-refractivity contribution in [1.82, 2.24) is 4.90 Å². The second-order valence-electron chi connectivity index (χ2n) is 4.91. The summed E-state index contributed by atoms with van der Waals surface area (Å²) in [7, 11) is 0. The molecule has 3 heteroatoms. The highest BCUT2D eigenvalue weighted by atomic mass is 35.5. The van der Waals surface area contributed by atoms with Crippen LogP contribution in [0, 0.1) is 0 Å². The van der Waals surface area contributed by atoms with E-state index in [0.29, 0.717) is 0 Å². The summed E-state index contributed by atoms with van der Waals surface area (Å²) in [6.07, 6.45) is 6.46. The monoisotopic (exact) mass is 268 g/mol. The molecule has 1 saturated heterocycles. The lowest BCUT2D eigenvalue weighted by atomic mass is 10.2. The first-order chi connectivity index (χ1) is 8.84. The van der Waals surface area contributed by atoms with Gasteiger partial charge in [-0.1, -0.05) is 11.6 Å². The molecule has 0 spiro atoms. The number of hydrogen-bond acceptors (Lipinski definition) is 2. The van der Waals surface area contributed by atoms with E-state index in [2.05, 4.69) is 4.90 Å². The molecule has 0 amide bonds. The van der Waals surface area contributed by atoms with Crippen molar-refractivity contribution >= 4 is 11.6 Å². The van der Waals surface area contributed by atoms with Crippen molar-refractivity contribution in [2.24, 2.45) is 0 Å². The Morgan fingerprint density at radius 1 is 1.06 bits per heavy atom. The molecule has 1 aliphatic heterocycles. The molecule has 1 aliphatic rings. The predicted molar refractivity (Wildman–Crippen MR) is 77.6 cm³/mol. The van der Waals surface area contributed by atoms with Gasteiger partial charge in [-0.3, -0.25) is 0 Å². The Labute approximate surface area is 116 Å². The van der Waals surface area contributed by atoms with Gasteiger partial charge in [-0.25, -0.2) is 0 Å². The average Bonchev–Trinajstić information content (AvgIpc) is 2.89. The lowest BCUT2D eigenvalue weighted by Crippen LogP contribution is -2.20. The lowest BCUT2D eigenvalue weighted by molar-refractivity contribution is 0.290. The van der Waals surface area contributed by atoms with Crippen LogP contribution in [0.25, 0.3) is 0 Å². The fourth-order valence-corrected chi connectivity index (χ4v) is 2.47. The standard InChI is InChI=1S/C15H22ClNO/c16-14-6-8-15(9-7-14)18-13-5-1-2-10-17-11-3-4-12-17/h6-9H,1-5,10-13H2/p+1. The van der Waals surface area contributed by atoms with Crippen LogP contribution in [0.3, 0.4) is 0 Å². The number of unbranched alkanes of at least 4 members (excludes halogenated alkanes) is 2. The molecule has 1 aromatic carbocycles. The van der Waals surface area contributed by atoms with E-state index in [9.17, 15) is 0 Å². The topological polar surface area (TPSA) is 12.5 Å². The Kier molecular flexibility index (Phi) is 5.82. The highest BCUT2D eigenvalue weighted by Gasteiger charge is 2.09. The summed E-state index contributed by atoms with van der Waals surface area (Å²) in [6, 6.07) is 7.58. The number of ether oxygens (including phenoxy) is 1. The third-order valence-electron chi connectivity index (χ3n) is 3.40. The number of rotatable bonds is 7. The molecule has 0 saturated carbocycles. The SMILES string of the molecule is Clc1ccc(OCCCCCN2CCCC2)cc1.[H+]. The Hall–Kier alpha value is -0.730. The van der Waals surface area contributed by atoms with E-state index in [1.165, 1.54) is 45.3 Å². The van der Waals surface area contributed by atoms with E-state index >= 15 is 0 Å². The first kappa shape index (κ1) is 13.7. The summed E-state index contributed by atoms with van der Waals surface area (Å²) in [5.74, 6) is 0.916. The van der Waals surface area contributed by atoms with Gasteiger partial charge in [-0.05, 0) is 76.0 Å². The summed E-state index contributed by atoms with van der Waals surface area (Å²) in [5, 5.41) is 0.757. The molecule has 1 aromatic rings. The van der Waals surface area contributed by atoms with Crippen LogP contribution in [-0.4, -0.2) is 31.1 Å². The van der Waals surface area contributed by atoms with E-state index in [1.807, 2.05) is 24.3 Å². The Balaban J connectivity index is 0.00000180. The number of hydrogen-bond donors (Lipinski definition) is 0. The van der Waals surface area contributed by atoms with E-state index in [4.69, 9.17) is 16.3 Å². The Morgan fingerprint density at radius 2 is 1.78 bits per heavy atom. The molecule has 2 nitrogen and oxygen atoms in total. The molecule has 0 N–H and O–H groups in total. The van der Waals surface area contributed by atoms with Crippen LogP contribution in [-0.2, 0) is 0 Å². The summed E-state index contributed by atoms with van der Waals surface area (Å²) in [4.78, 5) is 2.57. The van der Waals surface area contributed by atoms with Gasteiger partial charge >= 0.3 is 1.43 Å². The zero-order chi connectivity index (χ0) is 12.6. The van der Waals surface area contributed by atoms with Gasteiger partial charge in [0.25, 0.3) is 0 Å². The van der Waals surface area contributed by atoms with Crippen LogP contribution in [0.4, 0.5) is 0 Å². The first-order valence-electron chi connectivity index (χ1n) is 6.95. The minimum atomic E-state index is 0. The second kappa shape index (κ2) is 7.65. The normalized spacial score (nSPS) is 16.1. The summed E-state index contributed by atoms with van der Waals surface area (Å²) < 4.78 is 5.66. The molecule has 18 heavy (non-hydrogen) atoms. The van der Waals surface area contributed by atoms with Gasteiger partial charge in [0, 0.05) is 5.02 Å². The molecular formula is C15H23ClNO+. The molecule has 1 heterocycles. The summed E-state index contributed by atoms with van der Waals surface area (Å²) in [5.41, 5.74) is 0. The molecule has 1 fully saturated rings. The minimum absolute atomic E-state index is 0. The van der Waals surface area contributed by atoms with E-state index in [1.54, 1.807) is 0 Å². The van der Waals surface area contributed by atoms with Gasteiger partial charge in [0.05, 0.1) is 6.61 Å². The number of nitrogens with zero attached hydrogens (tertiary/aromatic N) is 1. The molecule has 0 aromatic heterocycles. The number of halogens is 1. The van der Waals surface area contributed by atoms with Gasteiger partial charge in [0.15, 0.2) is 0 Å². The van der Waals surface area contributed by atoms with Crippen LogP contribution >= 0.6 is 11.6 Å². The third-order valence-corrected chi connectivity index (χ3v) is 3.65. The Morgan fingerprint density at radius 3 is 2.50 bits per heavy atom. The molecule has 0 unspecified atom stereocenters.